The lowest BCUT2D eigenvalue weighted by molar-refractivity contribution is 0.455. The first-order chi connectivity index (χ1) is 8.16. The largest absolute Gasteiger partial charge is 0.397 e. The fourth-order valence-electron chi connectivity index (χ4n) is 2.55. The van der Waals surface area contributed by atoms with Crippen LogP contribution in [0.1, 0.15) is 44.7 Å². The smallest absolute Gasteiger partial charge is 0.126 e. The Hall–Kier alpha value is -1.25. The lowest BCUT2D eigenvalue weighted by atomic mass is 9.97. The summed E-state index contributed by atoms with van der Waals surface area (Å²) in [6.45, 7) is 4.30. The van der Waals surface area contributed by atoms with Crippen LogP contribution in [0.3, 0.4) is 0 Å². The van der Waals surface area contributed by atoms with Gasteiger partial charge in [0.2, 0.25) is 0 Å². The molecule has 0 aliphatic heterocycles. The van der Waals surface area contributed by atoms with Crippen molar-refractivity contribution in [1.82, 2.24) is 4.98 Å². The van der Waals surface area contributed by atoms with E-state index in [0.717, 1.165) is 23.1 Å². The number of nitrogens with one attached hydrogen (secondary N) is 1. The van der Waals surface area contributed by atoms with Gasteiger partial charge in [-0.05, 0) is 37.8 Å². The Morgan fingerprint density at radius 2 is 2.00 bits per heavy atom. The molecule has 1 saturated carbocycles. The third-order valence-corrected chi connectivity index (χ3v) is 3.82. The van der Waals surface area contributed by atoms with Gasteiger partial charge in [-0.15, -0.1) is 0 Å². The third kappa shape index (κ3) is 3.11. The predicted octanol–water partition coefficient (Wildman–Crippen LogP) is 3.35. The number of nitrogens with two attached hydrogens (primary N) is 1. The average Bonchev–Trinajstić information content (AvgIpc) is 2.50. The molecule has 2 atom stereocenters. The Morgan fingerprint density at radius 1 is 1.24 bits per heavy atom. The van der Waals surface area contributed by atoms with E-state index in [1.165, 1.54) is 32.1 Å². The van der Waals surface area contributed by atoms with E-state index in [0.29, 0.717) is 6.04 Å². The summed E-state index contributed by atoms with van der Waals surface area (Å²) in [6.07, 6.45) is 6.65. The van der Waals surface area contributed by atoms with Gasteiger partial charge >= 0.3 is 0 Å². The van der Waals surface area contributed by atoms with E-state index in [2.05, 4.69) is 17.2 Å². The lowest BCUT2D eigenvalue weighted by Gasteiger charge is -2.23. The average molecular weight is 233 g/mol. The van der Waals surface area contributed by atoms with E-state index in [-0.39, 0.29) is 0 Å². The molecule has 1 aliphatic carbocycles. The van der Waals surface area contributed by atoms with Crippen molar-refractivity contribution in [3.63, 3.8) is 0 Å². The summed E-state index contributed by atoms with van der Waals surface area (Å²) >= 11 is 0. The molecule has 3 heteroatoms. The van der Waals surface area contributed by atoms with Gasteiger partial charge in [-0.3, -0.25) is 0 Å². The molecule has 3 nitrogen and oxygen atoms in total. The normalized spacial score (nSPS) is 25.3. The van der Waals surface area contributed by atoms with E-state index in [4.69, 9.17) is 5.73 Å². The fourth-order valence-corrected chi connectivity index (χ4v) is 2.55. The number of pyridine rings is 1. The van der Waals surface area contributed by atoms with Crippen molar-refractivity contribution in [2.75, 3.05) is 11.1 Å². The molecule has 3 N–H and O–H groups in total. The highest BCUT2D eigenvalue weighted by atomic mass is 15.0. The van der Waals surface area contributed by atoms with Crippen molar-refractivity contribution in [1.29, 1.82) is 0 Å². The van der Waals surface area contributed by atoms with Crippen LogP contribution in [0.2, 0.25) is 0 Å². The van der Waals surface area contributed by atoms with E-state index in [1.54, 1.807) is 0 Å². The zero-order chi connectivity index (χ0) is 12.3. The number of nitrogen functional groups attached to an aromatic ring is 1. The molecule has 1 aromatic rings. The van der Waals surface area contributed by atoms with Crippen molar-refractivity contribution < 1.29 is 0 Å². The first-order valence-corrected chi connectivity index (χ1v) is 6.66. The van der Waals surface area contributed by atoms with E-state index in [9.17, 15) is 0 Å². The van der Waals surface area contributed by atoms with Crippen LogP contribution in [-0.2, 0) is 0 Å². The van der Waals surface area contributed by atoms with Crippen LogP contribution in [0.5, 0.6) is 0 Å². The van der Waals surface area contributed by atoms with Gasteiger partial charge in [0, 0.05) is 6.04 Å². The number of rotatable bonds is 2. The van der Waals surface area contributed by atoms with Gasteiger partial charge in [-0.25, -0.2) is 4.98 Å². The van der Waals surface area contributed by atoms with Crippen molar-refractivity contribution in [2.45, 2.75) is 52.0 Å². The van der Waals surface area contributed by atoms with E-state index in [1.807, 2.05) is 19.1 Å². The van der Waals surface area contributed by atoms with E-state index < -0.39 is 0 Å². The molecule has 0 spiro atoms. The van der Waals surface area contributed by atoms with Gasteiger partial charge in [-0.2, -0.15) is 0 Å². The summed E-state index contributed by atoms with van der Waals surface area (Å²) < 4.78 is 0. The summed E-state index contributed by atoms with van der Waals surface area (Å²) in [5, 5.41) is 3.57. The fraction of sp³-hybridized carbons (Fsp3) is 0.643. The molecule has 1 heterocycles. The summed E-state index contributed by atoms with van der Waals surface area (Å²) in [5.41, 5.74) is 7.47. The topological polar surface area (TPSA) is 50.9 Å². The van der Waals surface area contributed by atoms with Crippen LogP contribution in [0.4, 0.5) is 11.5 Å². The highest BCUT2D eigenvalue weighted by Crippen LogP contribution is 2.25. The Kier molecular flexibility index (Phi) is 3.87. The number of nitrogens with zero attached hydrogens (tertiary/aromatic N) is 1. The Bertz CT molecular complexity index is 376. The van der Waals surface area contributed by atoms with Gasteiger partial charge in [0.15, 0.2) is 0 Å². The first-order valence-electron chi connectivity index (χ1n) is 6.66. The zero-order valence-electron chi connectivity index (χ0n) is 10.9. The molecule has 94 valence electrons. The van der Waals surface area contributed by atoms with Gasteiger partial charge < -0.3 is 11.1 Å². The van der Waals surface area contributed by atoms with Crippen LogP contribution >= 0.6 is 0 Å². The molecule has 1 fully saturated rings. The maximum absolute atomic E-state index is 5.78. The Balaban J connectivity index is 2.05. The van der Waals surface area contributed by atoms with Gasteiger partial charge in [0.25, 0.3) is 0 Å². The molecule has 1 aliphatic rings. The molecule has 1 aromatic heterocycles. The Labute approximate surface area is 104 Å². The second-order valence-electron chi connectivity index (χ2n) is 5.24. The number of anilines is 2. The molecule has 0 amide bonds. The molecular weight excluding hydrogens is 210 g/mol. The highest BCUT2D eigenvalue weighted by molar-refractivity contribution is 5.49. The number of aryl methyl sites for hydroxylation is 1. The highest BCUT2D eigenvalue weighted by Gasteiger charge is 2.19. The monoisotopic (exact) mass is 233 g/mol. The minimum atomic E-state index is 0.563. The predicted molar refractivity (Wildman–Crippen MR) is 73.0 cm³/mol. The second kappa shape index (κ2) is 5.39. The number of aromatic nitrogens is 1. The van der Waals surface area contributed by atoms with Crippen LogP contribution in [0.25, 0.3) is 0 Å². The summed E-state index contributed by atoms with van der Waals surface area (Å²) in [7, 11) is 0. The quantitative estimate of drug-likeness (QED) is 0.770. The minimum absolute atomic E-state index is 0.563. The lowest BCUT2D eigenvalue weighted by Crippen LogP contribution is -2.26. The van der Waals surface area contributed by atoms with Crippen molar-refractivity contribution in [2.24, 2.45) is 5.92 Å². The molecule has 0 radical (unpaired) electrons. The maximum Gasteiger partial charge on any atom is 0.126 e. The SMILES string of the molecule is Cc1nc(NC2CCCCCC2C)ccc1N. The van der Waals surface area contributed by atoms with Crippen molar-refractivity contribution >= 4 is 11.5 Å². The van der Waals surface area contributed by atoms with Crippen LogP contribution < -0.4 is 11.1 Å². The second-order valence-corrected chi connectivity index (χ2v) is 5.24. The molecule has 17 heavy (non-hydrogen) atoms. The van der Waals surface area contributed by atoms with Crippen LogP contribution in [0.15, 0.2) is 12.1 Å². The molecule has 0 bridgehead atoms. The maximum atomic E-state index is 5.78. The standard InChI is InChI=1S/C14H23N3/c1-10-6-4-3-5-7-13(10)17-14-9-8-12(15)11(2)16-14/h8-10,13H,3-7,15H2,1-2H3,(H,16,17). The van der Waals surface area contributed by atoms with Gasteiger partial charge in [0.05, 0.1) is 11.4 Å². The molecule has 2 unspecified atom stereocenters. The molecule has 0 saturated heterocycles. The van der Waals surface area contributed by atoms with Crippen molar-refractivity contribution in [3.8, 4) is 0 Å². The van der Waals surface area contributed by atoms with Gasteiger partial charge in [-0.1, -0.05) is 26.2 Å². The van der Waals surface area contributed by atoms with Gasteiger partial charge in [0.1, 0.15) is 5.82 Å². The van der Waals surface area contributed by atoms with Crippen LogP contribution in [-0.4, -0.2) is 11.0 Å². The van der Waals surface area contributed by atoms with Crippen molar-refractivity contribution in [3.05, 3.63) is 17.8 Å². The third-order valence-electron chi connectivity index (χ3n) is 3.82. The zero-order valence-corrected chi connectivity index (χ0v) is 10.9. The number of hydrogen-bond donors (Lipinski definition) is 2. The first kappa shape index (κ1) is 12.2. The summed E-state index contributed by atoms with van der Waals surface area (Å²) in [4.78, 5) is 4.50. The summed E-state index contributed by atoms with van der Waals surface area (Å²) in [5.74, 6) is 1.70. The summed E-state index contributed by atoms with van der Waals surface area (Å²) in [6, 6.07) is 4.49. The molecular formula is C14H23N3. The number of hydrogen-bond acceptors (Lipinski definition) is 3. The molecule has 0 aromatic carbocycles. The minimum Gasteiger partial charge on any atom is -0.397 e. The molecule has 2 rings (SSSR count). The Morgan fingerprint density at radius 3 is 2.76 bits per heavy atom. The van der Waals surface area contributed by atoms with E-state index >= 15 is 0 Å². The van der Waals surface area contributed by atoms with Crippen LogP contribution in [0, 0.1) is 12.8 Å².